The first-order chi connectivity index (χ1) is 9.14. The molecule has 0 aromatic carbocycles. The second-order valence-corrected chi connectivity index (χ2v) is 6.37. The van der Waals surface area contributed by atoms with Crippen molar-refractivity contribution in [3.63, 3.8) is 0 Å². The minimum Gasteiger partial charge on any atom is -0.356 e. The van der Waals surface area contributed by atoms with Gasteiger partial charge >= 0.3 is 0 Å². The lowest BCUT2D eigenvalue weighted by Crippen LogP contribution is -2.40. The highest BCUT2D eigenvalue weighted by Gasteiger charge is 2.31. The largest absolute Gasteiger partial charge is 0.356 e. The summed E-state index contributed by atoms with van der Waals surface area (Å²) in [7, 11) is 0. The van der Waals surface area contributed by atoms with Crippen LogP contribution in [0.2, 0.25) is 0 Å². The number of aromatic nitrogens is 1. The average Bonchev–Trinajstić information content (AvgIpc) is 2.47. The molecule has 106 valence electrons. The van der Waals surface area contributed by atoms with Crippen LogP contribution in [-0.2, 0) is 5.33 Å². The third-order valence-corrected chi connectivity index (χ3v) is 5.53. The van der Waals surface area contributed by atoms with Gasteiger partial charge in [-0.2, -0.15) is 0 Å². The minimum atomic E-state index is 0.584. The van der Waals surface area contributed by atoms with Gasteiger partial charge in [-0.3, -0.25) is 0 Å². The Balaban J connectivity index is 2.09. The fraction of sp³-hybridized carbons (Fsp3) is 0.688. The van der Waals surface area contributed by atoms with Gasteiger partial charge in [0.1, 0.15) is 5.82 Å². The molecule has 1 aromatic rings. The van der Waals surface area contributed by atoms with Crippen molar-refractivity contribution in [3.8, 4) is 0 Å². The summed E-state index contributed by atoms with van der Waals surface area (Å²) in [4.78, 5) is 7.14. The number of nitrogens with zero attached hydrogens (tertiary/aromatic N) is 2. The maximum atomic E-state index is 4.67. The lowest BCUT2D eigenvalue weighted by atomic mass is 9.74. The van der Waals surface area contributed by atoms with E-state index in [1.165, 1.54) is 42.6 Å². The summed E-state index contributed by atoms with van der Waals surface area (Å²) in [5.74, 6) is 1.19. The first-order valence-corrected chi connectivity index (χ1v) is 8.52. The first-order valence-electron chi connectivity index (χ1n) is 7.40. The van der Waals surface area contributed by atoms with Crippen LogP contribution in [0.1, 0.15) is 50.7 Å². The molecule has 1 aliphatic rings. The summed E-state index contributed by atoms with van der Waals surface area (Å²) >= 11 is 3.49. The van der Waals surface area contributed by atoms with Crippen LogP contribution in [0, 0.1) is 12.3 Å². The molecule has 2 rings (SSSR count). The molecule has 1 saturated heterocycles. The van der Waals surface area contributed by atoms with Crippen molar-refractivity contribution in [2.75, 3.05) is 18.0 Å². The molecule has 0 saturated carbocycles. The highest BCUT2D eigenvalue weighted by molar-refractivity contribution is 9.08. The molecule has 1 aliphatic heterocycles. The van der Waals surface area contributed by atoms with Gasteiger partial charge in [0.15, 0.2) is 0 Å². The van der Waals surface area contributed by atoms with Gasteiger partial charge in [0, 0.05) is 24.6 Å². The molecular weight excluding hydrogens is 300 g/mol. The topological polar surface area (TPSA) is 16.1 Å². The molecule has 0 radical (unpaired) electrons. The van der Waals surface area contributed by atoms with Crippen LogP contribution in [0.15, 0.2) is 12.3 Å². The Hall–Kier alpha value is -0.570. The van der Waals surface area contributed by atoms with Crippen LogP contribution in [0.25, 0.3) is 0 Å². The van der Waals surface area contributed by atoms with E-state index in [0.29, 0.717) is 5.41 Å². The fourth-order valence-electron chi connectivity index (χ4n) is 3.18. The highest BCUT2D eigenvalue weighted by Crippen LogP contribution is 2.39. The zero-order valence-corrected chi connectivity index (χ0v) is 14.0. The van der Waals surface area contributed by atoms with Gasteiger partial charge < -0.3 is 4.90 Å². The molecule has 0 aliphatic carbocycles. The molecule has 0 amide bonds. The van der Waals surface area contributed by atoms with Gasteiger partial charge in [-0.25, -0.2) is 4.98 Å². The van der Waals surface area contributed by atoms with Crippen LogP contribution < -0.4 is 4.90 Å². The van der Waals surface area contributed by atoms with E-state index < -0.39 is 0 Å². The lowest BCUT2D eigenvalue weighted by Gasteiger charge is -2.41. The summed E-state index contributed by atoms with van der Waals surface area (Å²) in [6.45, 7) is 9.17. The van der Waals surface area contributed by atoms with Crippen LogP contribution >= 0.6 is 15.9 Å². The van der Waals surface area contributed by atoms with E-state index in [0.717, 1.165) is 18.4 Å². The van der Waals surface area contributed by atoms with Gasteiger partial charge in [-0.1, -0.05) is 48.7 Å². The predicted molar refractivity (Wildman–Crippen MR) is 86.1 cm³/mol. The van der Waals surface area contributed by atoms with Gasteiger partial charge in [-0.15, -0.1) is 0 Å². The third-order valence-electron chi connectivity index (χ3n) is 4.89. The van der Waals surface area contributed by atoms with E-state index in [1.807, 2.05) is 6.20 Å². The van der Waals surface area contributed by atoms with Crippen molar-refractivity contribution in [2.24, 2.45) is 5.41 Å². The number of pyridine rings is 1. The van der Waals surface area contributed by atoms with E-state index in [1.54, 1.807) is 0 Å². The van der Waals surface area contributed by atoms with E-state index in [-0.39, 0.29) is 0 Å². The highest BCUT2D eigenvalue weighted by atomic mass is 79.9. The van der Waals surface area contributed by atoms with Gasteiger partial charge in [0.2, 0.25) is 0 Å². The van der Waals surface area contributed by atoms with Crippen LogP contribution in [-0.4, -0.2) is 18.1 Å². The number of halogens is 1. The molecule has 2 nitrogen and oxygen atoms in total. The molecule has 0 atom stereocenters. The Kier molecular flexibility index (Phi) is 4.88. The second kappa shape index (κ2) is 6.25. The second-order valence-electron chi connectivity index (χ2n) is 5.81. The van der Waals surface area contributed by atoms with Crippen LogP contribution in [0.5, 0.6) is 0 Å². The molecule has 0 unspecified atom stereocenters. The van der Waals surface area contributed by atoms with Crippen molar-refractivity contribution in [1.82, 2.24) is 4.98 Å². The number of alkyl halides is 1. The van der Waals surface area contributed by atoms with Gasteiger partial charge in [0.25, 0.3) is 0 Å². The average molecular weight is 325 g/mol. The summed E-state index contributed by atoms with van der Waals surface area (Å²) < 4.78 is 0. The Bertz CT molecular complexity index is 417. The van der Waals surface area contributed by atoms with Crippen LogP contribution in [0.4, 0.5) is 5.82 Å². The summed E-state index contributed by atoms with van der Waals surface area (Å²) in [6, 6.07) is 2.25. The van der Waals surface area contributed by atoms with Crippen LogP contribution in [0.3, 0.4) is 0 Å². The molecule has 0 N–H and O–H groups in total. The monoisotopic (exact) mass is 324 g/mol. The standard InChI is InChI=1S/C16H25BrN2/c1-4-16(5-2)6-8-19(9-7-16)15-13(3)10-14(11-17)12-18-15/h10,12H,4-9,11H2,1-3H3. The molecule has 19 heavy (non-hydrogen) atoms. The molecule has 2 heterocycles. The smallest absolute Gasteiger partial charge is 0.131 e. The van der Waals surface area contributed by atoms with Crippen molar-refractivity contribution in [3.05, 3.63) is 23.4 Å². The fourth-order valence-corrected chi connectivity index (χ4v) is 3.49. The number of anilines is 1. The number of rotatable bonds is 4. The van der Waals surface area contributed by atoms with E-state index in [2.05, 4.69) is 52.7 Å². The molecular formula is C16H25BrN2. The Morgan fingerprint density at radius 1 is 1.26 bits per heavy atom. The minimum absolute atomic E-state index is 0.584. The first kappa shape index (κ1) is 14.8. The quantitative estimate of drug-likeness (QED) is 0.747. The number of aryl methyl sites for hydroxylation is 1. The number of hydrogen-bond acceptors (Lipinski definition) is 2. The zero-order chi connectivity index (χ0) is 13.9. The lowest BCUT2D eigenvalue weighted by molar-refractivity contribution is 0.199. The molecule has 0 bridgehead atoms. The summed E-state index contributed by atoms with van der Waals surface area (Å²) in [6.07, 6.45) is 7.24. The van der Waals surface area contributed by atoms with E-state index >= 15 is 0 Å². The van der Waals surface area contributed by atoms with E-state index in [4.69, 9.17) is 0 Å². The summed E-state index contributed by atoms with van der Waals surface area (Å²) in [5.41, 5.74) is 3.15. The van der Waals surface area contributed by atoms with Gasteiger partial charge in [-0.05, 0) is 36.3 Å². The maximum Gasteiger partial charge on any atom is 0.131 e. The Morgan fingerprint density at radius 3 is 2.37 bits per heavy atom. The Morgan fingerprint density at radius 2 is 1.89 bits per heavy atom. The van der Waals surface area contributed by atoms with Crippen molar-refractivity contribution in [2.45, 2.75) is 51.8 Å². The molecule has 1 aromatic heterocycles. The molecule has 0 spiro atoms. The molecule has 1 fully saturated rings. The van der Waals surface area contributed by atoms with Crippen molar-refractivity contribution < 1.29 is 0 Å². The molecule has 3 heteroatoms. The van der Waals surface area contributed by atoms with Gasteiger partial charge in [0.05, 0.1) is 0 Å². The normalized spacial score (nSPS) is 18.6. The Labute approximate surface area is 125 Å². The van der Waals surface area contributed by atoms with Crippen molar-refractivity contribution in [1.29, 1.82) is 0 Å². The third kappa shape index (κ3) is 3.13. The number of hydrogen-bond donors (Lipinski definition) is 0. The number of piperidine rings is 1. The maximum absolute atomic E-state index is 4.67. The predicted octanol–water partition coefficient (Wildman–Crippen LogP) is 4.69. The van der Waals surface area contributed by atoms with Crippen molar-refractivity contribution >= 4 is 21.7 Å². The summed E-state index contributed by atoms with van der Waals surface area (Å²) in [5, 5.41) is 0.885. The van der Waals surface area contributed by atoms with E-state index in [9.17, 15) is 0 Å². The SMILES string of the molecule is CCC1(CC)CCN(c2ncc(CBr)cc2C)CC1. The zero-order valence-electron chi connectivity index (χ0n) is 12.4.